The van der Waals surface area contributed by atoms with Gasteiger partial charge in [-0.1, -0.05) is 6.07 Å². The summed E-state index contributed by atoms with van der Waals surface area (Å²) in [7, 11) is 0. The highest BCUT2D eigenvalue weighted by Crippen LogP contribution is 2.40. The summed E-state index contributed by atoms with van der Waals surface area (Å²) < 4.78 is 5.40. The van der Waals surface area contributed by atoms with E-state index in [0.717, 1.165) is 27.1 Å². The number of ether oxygens (including phenoxy) is 1. The van der Waals surface area contributed by atoms with Crippen molar-refractivity contribution in [3.8, 4) is 0 Å². The molecule has 0 unspecified atom stereocenters. The molecule has 0 radical (unpaired) electrons. The number of morpholine rings is 1. The second kappa shape index (κ2) is 7.57. The molecule has 5 heterocycles. The first kappa shape index (κ1) is 18.3. The predicted molar refractivity (Wildman–Crippen MR) is 108 cm³/mol. The summed E-state index contributed by atoms with van der Waals surface area (Å²) in [5, 5.41) is 7.64. The number of aromatic amines is 1. The van der Waals surface area contributed by atoms with Crippen LogP contribution in [0.25, 0.3) is 10.2 Å². The molecule has 0 aliphatic carbocycles. The van der Waals surface area contributed by atoms with Gasteiger partial charge in [0.1, 0.15) is 10.5 Å². The van der Waals surface area contributed by atoms with Crippen LogP contribution in [0.15, 0.2) is 30.6 Å². The number of rotatable bonds is 3. The highest BCUT2D eigenvalue weighted by Gasteiger charge is 2.34. The Labute approximate surface area is 171 Å². The fourth-order valence-electron chi connectivity index (χ4n) is 4.15. The molecule has 150 valence electrons. The highest BCUT2D eigenvalue weighted by molar-refractivity contribution is 7.20. The van der Waals surface area contributed by atoms with E-state index in [1.165, 1.54) is 11.3 Å². The summed E-state index contributed by atoms with van der Waals surface area (Å²) in [4.78, 5) is 35.8. The summed E-state index contributed by atoms with van der Waals surface area (Å²) in [6, 6.07) is 5.63. The summed E-state index contributed by atoms with van der Waals surface area (Å²) >= 11 is 1.46. The quantitative estimate of drug-likeness (QED) is 0.713. The van der Waals surface area contributed by atoms with E-state index in [1.807, 2.05) is 21.9 Å². The smallest absolute Gasteiger partial charge is 0.271 e. The van der Waals surface area contributed by atoms with E-state index in [-0.39, 0.29) is 17.7 Å². The first-order chi connectivity index (χ1) is 14.2. The number of nitrogens with one attached hydrogen (secondary N) is 1. The Hall–Kier alpha value is -2.78. The number of pyridine rings is 1. The molecule has 5 rings (SSSR count). The lowest BCUT2D eigenvalue weighted by Crippen LogP contribution is -2.40. The van der Waals surface area contributed by atoms with Gasteiger partial charge in [-0.3, -0.25) is 14.7 Å². The molecule has 29 heavy (non-hydrogen) atoms. The minimum Gasteiger partial charge on any atom is -0.378 e. The third-order valence-electron chi connectivity index (χ3n) is 5.61. The van der Waals surface area contributed by atoms with Crippen LogP contribution in [0.5, 0.6) is 0 Å². The zero-order valence-corrected chi connectivity index (χ0v) is 16.7. The number of amides is 2. The molecular weight excluding hydrogens is 390 g/mol. The number of nitrogens with zero attached hydrogens (tertiary/aromatic N) is 4. The second-order valence-corrected chi connectivity index (χ2v) is 8.31. The van der Waals surface area contributed by atoms with Crippen LogP contribution >= 0.6 is 11.3 Å². The number of carbonyl (C=O) groups excluding carboxylic acids is 2. The number of fused-ring (bicyclic) bond motifs is 1. The van der Waals surface area contributed by atoms with E-state index in [9.17, 15) is 9.59 Å². The maximum absolute atomic E-state index is 13.3. The largest absolute Gasteiger partial charge is 0.378 e. The zero-order chi connectivity index (χ0) is 19.8. The molecule has 0 bridgehead atoms. The van der Waals surface area contributed by atoms with Gasteiger partial charge in [-0.15, -0.1) is 11.3 Å². The lowest BCUT2D eigenvalue weighted by molar-refractivity contribution is 0.0305. The summed E-state index contributed by atoms with van der Waals surface area (Å²) in [5.74, 6) is 0.105. The van der Waals surface area contributed by atoms with Gasteiger partial charge in [0, 0.05) is 49.9 Å². The Morgan fingerprint density at radius 2 is 1.97 bits per heavy atom. The van der Waals surface area contributed by atoms with Crippen molar-refractivity contribution < 1.29 is 14.3 Å². The van der Waals surface area contributed by atoms with Crippen molar-refractivity contribution in [1.82, 2.24) is 25.0 Å². The van der Waals surface area contributed by atoms with Crippen LogP contribution in [0.4, 0.5) is 0 Å². The van der Waals surface area contributed by atoms with Crippen LogP contribution < -0.4 is 0 Å². The van der Waals surface area contributed by atoms with Gasteiger partial charge in [-0.05, 0) is 24.1 Å². The number of likely N-dealkylation sites (tertiary alicyclic amines) is 1. The van der Waals surface area contributed by atoms with Crippen LogP contribution in [0.1, 0.15) is 38.1 Å². The minimum atomic E-state index is -0.0521. The van der Waals surface area contributed by atoms with E-state index in [4.69, 9.17) is 4.74 Å². The van der Waals surface area contributed by atoms with Crippen molar-refractivity contribution in [3.05, 3.63) is 46.7 Å². The molecule has 2 aliphatic rings. The van der Waals surface area contributed by atoms with Gasteiger partial charge in [0.2, 0.25) is 0 Å². The van der Waals surface area contributed by atoms with Crippen molar-refractivity contribution in [1.29, 1.82) is 0 Å². The number of hydrogen-bond donors (Lipinski definition) is 1. The number of carbonyl (C=O) groups is 2. The predicted octanol–water partition coefficient (Wildman–Crippen LogP) is 2.12. The molecule has 0 spiro atoms. The molecule has 9 heteroatoms. The first-order valence-electron chi connectivity index (χ1n) is 9.75. The standard InChI is InChI=1S/C20H21N5O3S/c26-19(15-3-6-22-23-15)25-7-4-13(12-25)16-14-2-1-5-21-18(14)29-17(16)20(27)24-8-10-28-11-9-24/h1-3,5-6,13H,4,7-12H2,(H,22,23)/t13-/m1/s1. The fraction of sp³-hybridized carbons (Fsp3) is 0.400. The number of aromatic nitrogens is 3. The SMILES string of the molecule is O=C(c1ccn[nH]1)N1CC[C@@H](c2c(C(=O)N3CCOCC3)sc3ncccc23)C1. The zero-order valence-electron chi connectivity index (χ0n) is 15.8. The minimum absolute atomic E-state index is 0.0460. The monoisotopic (exact) mass is 411 g/mol. The Morgan fingerprint density at radius 1 is 1.10 bits per heavy atom. The molecular formula is C20H21N5O3S. The van der Waals surface area contributed by atoms with E-state index < -0.39 is 0 Å². The van der Waals surface area contributed by atoms with Crippen LogP contribution in [-0.2, 0) is 4.74 Å². The molecule has 1 N–H and O–H groups in total. The lowest BCUT2D eigenvalue weighted by Gasteiger charge is -2.27. The van der Waals surface area contributed by atoms with Gasteiger partial charge in [-0.2, -0.15) is 5.10 Å². The molecule has 2 saturated heterocycles. The van der Waals surface area contributed by atoms with Crippen molar-refractivity contribution in [2.75, 3.05) is 39.4 Å². The molecule has 2 fully saturated rings. The Kier molecular flexibility index (Phi) is 4.76. The average Bonchev–Trinajstić information content (AvgIpc) is 3.52. The Balaban J connectivity index is 1.47. The van der Waals surface area contributed by atoms with E-state index >= 15 is 0 Å². The first-order valence-corrected chi connectivity index (χ1v) is 10.6. The third kappa shape index (κ3) is 3.30. The lowest BCUT2D eigenvalue weighted by atomic mass is 9.95. The van der Waals surface area contributed by atoms with Crippen LogP contribution in [0.2, 0.25) is 0 Å². The number of hydrogen-bond acceptors (Lipinski definition) is 6. The van der Waals surface area contributed by atoms with Gasteiger partial charge in [0.05, 0.1) is 18.1 Å². The molecule has 3 aromatic heterocycles. The molecule has 3 aromatic rings. The topological polar surface area (TPSA) is 91.4 Å². The van der Waals surface area contributed by atoms with Gasteiger partial charge in [-0.25, -0.2) is 4.98 Å². The fourth-order valence-corrected chi connectivity index (χ4v) is 5.35. The molecule has 0 saturated carbocycles. The van der Waals surface area contributed by atoms with Crippen LogP contribution in [-0.4, -0.2) is 76.2 Å². The maximum atomic E-state index is 13.3. The third-order valence-corrected chi connectivity index (χ3v) is 6.73. The Bertz CT molecular complexity index is 1040. The van der Waals surface area contributed by atoms with Crippen LogP contribution in [0.3, 0.4) is 0 Å². The number of thiophene rings is 1. The van der Waals surface area contributed by atoms with Gasteiger partial charge in [0.15, 0.2) is 0 Å². The Morgan fingerprint density at radius 3 is 2.76 bits per heavy atom. The van der Waals surface area contributed by atoms with E-state index in [2.05, 4.69) is 15.2 Å². The summed E-state index contributed by atoms with van der Waals surface area (Å²) in [6.45, 7) is 3.59. The van der Waals surface area contributed by atoms with Crippen molar-refractivity contribution in [2.24, 2.45) is 0 Å². The molecule has 2 amide bonds. The normalized spacial score (nSPS) is 19.8. The van der Waals surface area contributed by atoms with Crippen molar-refractivity contribution >= 4 is 33.4 Å². The summed E-state index contributed by atoms with van der Waals surface area (Å²) in [6.07, 6.45) is 4.16. The van der Waals surface area contributed by atoms with Gasteiger partial charge < -0.3 is 14.5 Å². The van der Waals surface area contributed by atoms with Crippen molar-refractivity contribution in [2.45, 2.75) is 12.3 Å². The molecule has 8 nitrogen and oxygen atoms in total. The molecule has 1 atom stereocenters. The maximum Gasteiger partial charge on any atom is 0.271 e. The van der Waals surface area contributed by atoms with E-state index in [1.54, 1.807) is 18.5 Å². The van der Waals surface area contributed by atoms with Crippen molar-refractivity contribution in [3.63, 3.8) is 0 Å². The van der Waals surface area contributed by atoms with Gasteiger partial charge in [0.25, 0.3) is 11.8 Å². The second-order valence-electron chi connectivity index (χ2n) is 7.31. The number of H-pyrrole nitrogens is 1. The molecule has 2 aliphatic heterocycles. The van der Waals surface area contributed by atoms with E-state index in [0.29, 0.717) is 45.1 Å². The van der Waals surface area contributed by atoms with Crippen LogP contribution in [0, 0.1) is 0 Å². The summed E-state index contributed by atoms with van der Waals surface area (Å²) in [5.41, 5.74) is 1.53. The van der Waals surface area contributed by atoms with Gasteiger partial charge >= 0.3 is 0 Å². The highest BCUT2D eigenvalue weighted by atomic mass is 32.1. The molecule has 0 aromatic carbocycles. The average molecular weight is 411 g/mol.